The van der Waals surface area contributed by atoms with Gasteiger partial charge in [-0.05, 0) is 30.2 Å². The zero-order valence-electron chi connectivity index (χ0n) is 21.5. The summed E-state index contributed by atoms with van der Waals surface area (Å²) in [5.74, 6) is -2.39. The van der Waals surface area contributed by atoms with E-state index in [0.717, 1.165) is 22.6 Å². The normalized spacial score (nSPS) is 14.9. The minimum absolute atomic E-state index is 0.00325. The molecule has 0 bridgehead atoms. The minimum Gasteiger partial charge on any atom is -0.382 e. The van der Waals surface area contributed by atoms with Gasteiger partial charge >= 0.3 is 0 Å². The van der Waals surface area contributed by atoms with Gasteiger partial charge in [-0.2, -0.15) is 10.5 Å². The standard InChI is InChI=1S/C28H23F2N9O2/c29-19-10-20(30)12-21(11-19)39-27(37-38-8-6-18(13-31)24(38)28(39)40)23(7-9-41-15-17-4-2-1-3-5-17)36-26-22(14-32)25(33)34-16-35-26/h1-6,8,10-12,16,23,27,37H,7,9,15H2,(H3,33,34,35,36)/t23-,27?/m0/s1. The number of amides is 1. The highest BCUT2D eigenvalue weighted by Crippen LogP contribution is 2.30. The number of hydrogen-bond donors (Lipinski definition) is 3. The van der Waals surface area contributed by atoms with Crippen LogP contribution in [0.15, 0.2) is 67.1 Å². The van der Waals surface area contributed by atoms with E-state index in [2.05, 4.69) is 20.7 Å². The Hall–Kier alpha value is -5.53. The van der Waals surface area contributed by atoms with Crippen LogP contribution in [0.5, 0.6) is 0 Å². The van der Waals surface area contributed by atoms with Crippen LogP contribution < -0.4 is 21.4 Å². The Morgan fingerprint density at radius 3 is 2.56 bits per heavy atom. The second kappa shape index (κ2) is 11.7. The smallest absolute Gasteiger partial charge is 0.280 e. The first-order valence-electron chi connectivity index (χ1n) is 12.5. The van der Waals surface area contributed by atoms with Gasteiger partial charge in [-0.15, -0.1) is 0 Å². The molecule has 1 amide bonds. The fourth-order valence-corrected chi connectivity index (χ4v) is 4.59. The summed E-state index contributed by atoms with van der Waals surface area (Å²) < 4.78 is 36.0. The zero-order chi connectivity index (χ0) is 28.9. The number of carbonyl (C=O) groups is 1. The number of fused-ring (bicyclic) bond motifs is 1. The van der Waals surface area contributed by atoms with Crippen LogP contribution in [0.25, 0.3) is 0 Å². The van der Waals surface area contributed by atoms with Gasteiger partial charge in [0, 0.05) is 18.9 Å². The van der Waals surface area contributed by atoms with Gasteiger partial charge in [0.25, 0.3) is 5.91 Å². The third-order valence-corrected chi connectivity index (χ3v) is 6.48. The molecular weight excluding hydrogens is 532 g/mol. The zero-order valence-corrected chi connectivity index (χ0v) is 21.5. The highest BCUT2D eigenvalue weighted by molar-refractivity contribution is 6.08. The molecule has 1 aliphatic heterocycles. The van der Waals surface area contributed by atoms with Crippen molar-refractivity contribution in [3.8, 4) is 12.1 Å². The molecule has 4 aromatic rings. The monoisotopic (exact) mass is 555 g/mol. The Morgan fingerprint density at radius 2 is 1.85 bits per heavy atom. The van der Waals surface area contributed by atoms with Gasteiger partial charge in [0.05, 0.1) is 23.9 Å². The first-order chi connectivity index (χ1) is 19.9. The van der Waals surface area contributed by atoms with Gasteiger partial charge in [0.2, 0.25) is 0 Å². The summed E-state index contributed by atoms with van der Waals surface area (Å²) in [6.07, 6.45) is 1.93. The first-order valence-corrected chi connectivity index (χ1v) is 12.5. The fraction of sp³-hybridized carbons (Fsp3) is 0.179. The molecule has 2 aromatic carbocycles. The highest BCUT2D eigenvalue weighted by atomic mass is 19.1. The van der Waals surface area contributed by atoms with Crippen LogP contribution in [0.4, 0.5) is 26.1 Å². The third kappa shape index (κ3) is 5.61. The summed E-state index contributed by atoms with van der Waals surface area (Å²) in [6, 6.07) is 16.9. The molecule has 1 aliphatic rings. The van der Waals surface area contributed by atoms with E-state index in [0.29, 0.717) is 12.7 Å². The lowest BCUT2D eigenvalue weighted by Crippen LogP contribution is -2.61. The van der Waals surface area contributed by atoms with E-state index in [-0.39, 0.29) is 47.2 Å². The predicted molar refractivity (Wildman–Crippen MR) is 145 cm³/mol. The Kier molecular flexibility index (Phi) is 7.71. The van der Waals surface area contributed by atoms with Crippen molar-refractivity contribution in [1.82, 2.24) is 14.6 Å². The van der Waals surface area contributed by atoms with Gasteiger partial charge in [-0.25, -0.2) is 18.7 Å². The first kappa shape index (κ1) is 27.1. The van der Waals surface area contributed by atoms with Gasteiger partial charge in [0.1, 0.15) is 59.2 Å². The summed E-state index contributed by atoms with van der Waals surface area (Å²) in [7, 11) is 0. The second-order valence-electron chi connectivity index (χ2n) is 9.11. The summed E-state index contributed by atoms with van der Waals surface area (Å²) in [4.78, 5) is 23.0. The van der Waals surface area contributed by atoms with E-state index in [1.807, 2.05) is 42.5 Å². The average molecular weight is 556 g/mol. The highest BCUT2D eigenvalue weighted by Gasteiger charge is 2.40. The molecule has 41 heavy (non-hydrogen) atoms. The Labute approximate surface area is 233 Å². The van der Waals surface area contributed by atoms with Crippen molar-refractivity contribution in [2.24, 2.45) is 0 Å². The molecule has 0 saturated carbocycles. The van der Waals surface area contributed by atoms with Gasteiger partial charge in [0.15, 0.2) is 0 Å². The third-order valence-electron chi connectivity index (χ3n) is 6.48. The van der Waals surface area contributed by atoms with Gasteiger partial charge < -0.3 is 21.2 Å². The van der Waals surface area contributed by atoms with Crippen LogP contribution in [-0.2, 0) is 11.3 Å². The van der Waals surface area contributed by atoms with Crippen molar-refractivity contribution < 1.29 is 18.3 Å². The van der Waals surface area contributed by atoms with E-state index in [9.17, 15) is 24.1 Å². The quantitative estimate of drug-likeness (QED) is 0.263. The second-order valence-corrected chi connectivity index (χ2v) is 9.11. The molecule has 3 heterocycles. The SMILES string of the molecule is N#Cc1ccn2c1C(=O)N(c1cc(F)cc(F)c1)C([C@H](CCOCc1ccccc1)Nc1ncnc(N)c1C#N)N2. The number of rotatable bonds is 9. The number of nitrogens with zero attached hydrogens (tertiary/aromatic N) is 6. The number of nitrogens with one attached hydrogen (secondary N) is 2. The van der Waals surface area contributed by atoms with Crippen LogP contribution in [0.2, 0.25) is 0 Å². The van der Waals surface area contributed by atoms with Crippen molar-refractivity contribution in [3.63, 3.8) is 0 Å². The van der Waals surface area contributed by atoms with Crippen molar-refractivity contribution in [1.29, 1.82) is 10.5 Å². The number of benzene rings is 2. The van der Waals surface area contributed by atoms with Crippen LogP contribution in [0.3, 0.4) is 0 Å². The lowest BCUT2D eigenvalue weighted by Gasteiger charge is -2.42. The Balaban J connectivity index is 1.54. The number of carbonyl (C=O) groups excluding carboxylic acids is 1. The number of aromatic nitrogens is 3. The van der Waals surface area contributed by atoms with Crippen molar-refractivity contribution in [3.05, 3.63) is 101 Å². The molecule has 13 heteroatoms. The molecule has 11 nitrogen and oxygen atoms in total. The molecule has 4 N–H and O–H groups in total. The average Bonchev–Trinajstić information content (AvgIpc) is 3.38. The van der Waals surface area contributed by atoms with Crippen molar-refractivity contribution in [2.45, 2.75) is 25.2 Å². The van der Waals surface area contributed by atoms with Crippen LogP contribution in [0, 0.1) is 34.3 Å². The van der Waals surface area contributed by atoms with E-state index >= 15 is 0 Å². The minimum atomic E-state index is -1.00. The molecular formula is C28H23F2N9O2. The lowest BCUT2D eigenvalue weighted by molar-refractivity contribution is 0.0937. The van der Waals surface area contributed by atoms with Crippen LogP contribution in [-0.4, -0.2) is 39.4 Å². The molecule has 0 spiro atoms. The van der Waals surface area contributed by atoms with Crippen molar-refractivity contribution in [2.75, 3.05) is 28.0 Å². The Morgan fingerprint density at radius 1 is 1.10 bits per heavy atom. The molecule has 2 atom stereocenters. The molecule has 0 fully saturated rings. The number of anilines is 3. The van der Waals surface area contributed by atoms with E-state index in [1.165, 1.54) is 23.3 Å². The number of ether oxygens (including phenoxy) is 1. The summed E-state index contributed by atoms with van der Waals surface area (Å²) in [6.45, 7) is 0.509. The fourth-order valence-electron chi connectivity index (χ4n) is 4.59. The number of halogens is 2. The summed E-state index contributed by atoms with van der Waals surface area (Å²) in [5, 5.41) is 22.4. The lowest BCUT2D eigenvalue weighted by atomic mass is 10.1. The van der Waals surface area contributed by atoms with Gasteiger partial charge in [-0.3, -0.25) is 14.4 Å². The molecule has 206 valence electrons. The predicted octanol–water partition coefficient (Wildman–Crippen LogP) is 3.50. The molecule has 0 aliphatic carbocycles. The topological polar surface area (TPSA) is 158 Å². The van der Waals surface area contributed by atoms with E-state index < -0.39 is 29.7 Å². The van der Waals surface area contributed by atoms with E-state index in [1.54, 1.807) is 0 Å². The number of nitrogen functional groups attached to an aromatic ring is 1. The molecule has 0 saturated heterocycles. The maximum Gasteiger partial charge on any atom is 0.280 e. The summed E-state index contributed by atoms with van der Waals surface area (Å²) in [5.41, 5.74) is 9.98. The molecule has 0 radical (unpaired) electrons. The maximum absolute atomic E-state index is 14.4. The summed E-state index contributed by atoms with van der Waals surface area (Å²) >= 11 is 0. The molecule has 5 rings (SSSR count). The largest absolute Gasteiger partial charge is 0.382 e. The number of nitrogens with two attached hydrogens (primary N) is 1. The molecule has 2 aromatic heterocycles. The molecule has 1 unspecified atom stereocenters. The van der Waals surface area contributed by atoms with E-state index in [4.69, 9.17) is 10.5 Å². The number of nitriles is 2. The Bertz CT molecular complexity index is 1640. The maximum atomic E-state index is 14.4. The van der Waals surface area contributed by atoms with Crippen LogP contribution >= 0.6 is 0 Å². The van der Waals surface area contributed by atoms with Gasteiger partial charge in [-0.1, -0.05) is 30.3 Å². The van der Waals surface area contributed by atoms with Crippen LogP contribution in [0.1, 0.15) is 33.6 Å². The number of hydrogen-bond acceptors (Lipinski definition) is 9. The van der Waals surface area contributed by atoms with Crippen molar-refractivity contribution >= 4 is 23.2 Å².